The molecule has 0 N–H and O–H groups in total. The third-order valence-electron chi connectivity index (χ3n) is 2.24. The Morgan fingerprint density at radius 1 is 0.650 bits per heavy atom. The van der Waals surface area contributed by atoms with Crippen molar-refractivity contribution in [3.05, 3.63) is 107 Å². The summed E-state index contributed by atoms with van der Waals surface area (Å²) in [6.45, 7) is 3.76. The fourth-order valence-corrected chi connectivity index (χ4v) is 1.29. The summed E-state index contributed by atoms with van der Waals surface area (Å²) in [5.74, 6) is 0. The van der Waals surface area contributed by atoms with Crippen molar-refractivity contribution in [1.82, 2.24) is 0 Å². The molecule has 0 spiro atoms. The van der Waals surface area contributed by atoms with Crippen LogP contribution < -0.4 is 0 Å². The fourth-order valence-electron chi connectivity index (χ4n) is 1.29. The van der Waals surface area contributed by atoms with E-state index in [0.717, 1.165) is 6.42 Å². The maximum atomic E-state index is 4.64. The van der Waals surface area contributed by atoms with Gasteiger partial charge in [0.25, 0.3) is 0 Å². The van der Waals surface area contributed by atoms with Crippen LogP contribution in [0.5, 0.6) is 0 Å². The van der Waals surface area contributed by atoms with Crippen LogP contribution in [0.3, 0.4) is 0 Å². The number of hydrogen-bond acceptors (Lipinski definition) is 0. The van der Waals surface area contributed by atoms with Crippen LogP contribution in [0.2, 0.25) is 0 Å². The van der Waals surface area contributed by atoms with E-state index in [0.29, 0.717) is 0 Å². The zero-order chi connectivity index (χ0) is 14.9. The number of halogens is 1. The fraction of sp³-hybridized carbons (Fsp3) is 0.0556. The van der Waals surface area contributed by atoms with Crippen molar-refractivity contribution in [3.8, 4) is 0 Å². The van der Waals surface area contributed by atoms with Gasteiger partial charge in [-0.15, -0.1) is 0 Å². The molecule has 20 heavy (non-hydrogen) atoms. The molecule has 0 aliphatic heterocycles. The topological polar surface area (TPSA) is 0 Å². The van der Waals surface area contributed by atoms with Crippen LogP contribution in [0.25, 0.3) is 0 Å². The summed E-state index contributed by atoms with van der Waals surface area (Å²) < 4.78 is 0. The molecular formula is C18H19ClTi. The van der Waals surface area contributed by atoms with Crippen molar-refractivity contribution in [2.45, 2.75) is 6.42 Å². The van der Waals surface area contributed by atoms with E-state index in [-0.39, 0.29) is 0 Å². The standard InChI is InChI=1S/C8H9.2C5H5.ClH.Ti/c1-2-8-6-4-3-5-7-8;2*1-2-4-5-3-1;;/h3-7H,1-2H2;2*1-5H;1H;/q-1;;;;+2/p-1. The average molecular weight is 319 g/mol. The van der Waals surface area contributed by atoms with Gasteiger partial charge in [-0.1, -0.05) is 35.9 Å². The number of hydrogen-bond donors (Lipinski definition) is 0. The normalized spacial score (nSPS) is 15.8. The summed E-state index contributed by atoms with van der Waals surface area (Å²) in [7, 11) is 4.64. The Bertz CT molecular complexity index is 241. The van der Waals surface area contributed by atoms with Gasteiger partial charge >= 0.3 is 28.7 Å². The second-order valence-electron chi connectivity index (χ2n) is 3.66. The SMILES string of the molecule is [CH2-]Cc1ccccc1.[CH]1[CH][CH][CH][CH]1.[CH]1[CH][CH][CH][CH]1.[Cl][Ti+]. The predicted molar refractivity (Wildman–Crippen MR) is 84.4 cm³/mol. The number of benzene rings is 1. The molecule has 1 aromatic carbocycles. The van der Waals surface area contributed by atoms with Gasteiger partial charge in [0.15, 0.2) is 0 Å². The average Bonchev–Trinajstić information content (AvgIpc) is 3.27. The molecule has 2 aliphatic rings. The first-order valence-electron chi connectivity index (χ1n) is 6.29. The summed E-state index contributed by atoms with van der Waals surface area (Å²) in [6, 6.07) is 10.2. The molecule has 2 aliphatic carbocycles. The zero-order valence-electron chi connectivity index (χ0n) is 11.5. The third kappa shape index (κ3) is 13.2. The van der Waals surface area contributed by atoms with Crippen molar-refractivity contribution in [2.24, 2.45) is 0 Å². The van der Waals surface area contributed by atoms with E-state index in [1.807, 2.05) is 82.4 Å². The van der Waals surface area contributed by atoms with Crippen LogP contribution in [0.1, 0.15) is 5.56 Å². The Labute approximate surface area is 142 Å². The first kappa shape index (κ1) is 20.2. The molecule has 0 nitrogen and oxygen atoms in total. The van der Waals surface area contributed by atoms with E-state index in [1.54, 1.807) is 0 Å². The zero-order valence-corrected chi connectivity index (χ0v) is 13.8. The Morgan fingerprint density at radius 3 is 1.15 bits per heavy atom. The van der Waals surface area contributed by atoms with Gasteiger partial charge in [0.05, 0.1) is 0 Å². The Balaban J connectivity index is 0.000000264. The maximum absolute atomic E-state index is 4.64. The van der Waals surface area contributed by atoms with Crippen molar-refractivity contribution in [3.63, 3.8) is 0 Å². The first-order chi connectivity index (χ1) is 9.93. The van der Waals surface area contributed by atoms with Crippen molar-refractivity contribution in [2.75, 3.05) is 0 Å². The van der Waals surface area contributed by atoms with Crippen LogP contribution in [0.4, 0.5) is 0 Å². The van der Waals surface area contributed by atoms with Crippen molar-refractivity contribution < 1.29 is 19.4 Å². The molecular weight excluding hydrogens is 300 g/mol. The molecule has 10 radical (unpaired) electrons. The molecule has 0 heterocycles. The minimum absolute atomic E-state index is 0.890. The quantitative estimate of drug-likeness (QED) is 0.516. The van der Waals surface area contributed by atoms with Crippen LogP contribution in [-0.2, 0) is 25.8 Å². The summed E-state index contributed by atoms with van der Waals surface area (Å²) in [5.41, 5.74) is 1.30. The van der Waals surface area contributed by atoms with E-state index in [1.165, 1.54) is 24.9 Å². The Kier molecular flexibility index (Phi) is 17.5. The van der Waals surface area contributed by atoms with Gasteiger partial charge in [0.1, 0.15) is 0 Å². The second kappa shape index (κ2) is 17.3. The monoisotopic (exact) mass is 318 g/mol. The molecule has 102 valence electrons. The molecule has 3 rings (SSSR count). The van der Waals surface area contributed by atoms with Gasteiger partial charge in [-0.3, -0.25) is 0 Å². The van der Waals surface area contributed by atoms with Crippen molar-refractivity contribution >= 4 is 9.30 Å². The Hall–Kier alpha value is 0.224. The van der Waals surface area contributed by atoms with E-state index in [9.17, 15) is 0 Å². The van der Waals surface area contributed by atoms with Gasteiger partial charge in [0.2, 0.25) is 0 Å². The van der Waals surface area contributed by atoms with Crippen LogP contribution in [0, 0.1) is 71.1 Å². The predicted octanol–water partition coefficient (Wildman–Crippen LogP) is 4.79. The summed E-state index contributed by atoms with van der Waals surface area (Å²) in [4.78, 5) is 0. The van der Waals surface area contributed by atoms with E-state index < -0.39 is 0 Å². The van der Waals surface area contributed by atoms with Gasteiger partial charge in [-0.25, -0.2) is 0 Å². The molecule has 0 aromatic heterocycles. The molecule has 0 bridgehead atoms. The number of rotatable bonds is 1. The molecule has 2 heteroatoms. The minimum atomic E-state index is 0.890. The molecule has 1 aromatic rings. The van der Waals surface area contributed by atoms with Gasteiger partial charge in [-0.2, -0.15) is 6.42 Å². The summed E-state index contributed by atoms with van der Waals surface area (Å²) in [5, 5.41) is 0. The molecule has 0 saturated heterocycles. The summed E-state index contributed by atoms with van der Waals surface area (Å²) >= 11 is 1.47. The van der Waals surface area contributed by atoms with Gasteiger partial charge < -0.3 is 6.92 Å². The van der Waals surface area contributed by atoms with E-state index in [2.05, 4.69) is 28.4 Å². The molecule has 0 amide bonds. The summed E-state index contributed by atoms with van der Waals surface area (Å²) in [6.07, 6.45) is 20.9. The van der Waals surface area contributed by atoms with Crippen molar-refractivity contribution in [1.29, 1.82) is 0 Å². The molecule has 2 fully saturated rings. The first-order valence-corrected chi connectivity index (χ1v) is 8.44. The molecule has 0 atom stereocenters. The van der Waals surface area contributed by atoms with Crippen LogP contribution in [-0.4, -0.2) is 0 Å². The van der Waals surface area contributed by atoms with Gasteiger partial charge in [0, 0.05) is 0 Å². The molecule has 2 saturated carbocycles. The Morgan fingerprint density at radius 2 is 0.950 bits per heavy atom. The molecule has 0 unspecified atom stereocenters. The second-order valence-corrected chi connectivity index (χ2v) is 3.66. The van der Waals surface area contributed by atoms with E-state index in [4.69, 9.17) is 0 Å². The third-order valence-corrected chi connectivity index (χ3v) is 2.24. The van der Waals surface area contributed by atoms with E-state index >= 15 is 0 Å². The van der Waals surface area contributed by atoms with Crippen LogP contribution >= 0.6 is 9.30 Å². The van der Waals surface area contributed by atoms with Crippen LogP contribution in [0.15, 0.2) is 30.3 Å². The van der Waals surface area contributed by atoms with Gasteiger partial charge in [-0.05, 0) is 64.2 Å².